The van der Waals surface area contributed by atoms with Gasteiger partial charge in [-0.2, -0.15) is 65.9 Å². The maximum Gasteiger partial charge on any atom is 0.460 e. The van der Waals surface area contributed by atoms with Gasteiger partial charge in [-0.05, 0) is 12.1 Å². The number of hydrogen-bond donors (Lipinski definition) is 2. The Morgan fingerprint density at radius 1 is 0.625 bits per heavy atom. The van der Waals surface area contributed by atoms with E-state index in [0.717, 1.165) is 12.1 Å². The van der Waals surface area contributed by atoms with Gasteiger partial charge < -0.3 is 10.4 Å². The van der Waals surface area contributed by atoms with E-state index in [9.17, 15) is 75.8 Å². The fourth-order valence-electron chi connectivity index (χ4n) is 1.89. The van der Waals surface area contributed by atoms with Crippen LogP contribution in [0.4, 0.5) is 71.5 Å². The molecule has 1 aromatic rings. The lowest BCUT2D eigenvalue weighted by Gasteiger charge is -2.41. The fourth-order valence-corrected chi connectivity index (χ4v) is 1.89. The number of aromatic hydroxyl groups is 1. The van der Waals surface area contributed by atoms with Crippen LogP contribution in [0.1, 0.15) is 0 Å². The van der Waals surface area contributed by atoms with Crippen molar-refractivity contribution in [3.8, 4) is 5.75 Å². The SMILES string of the molecule is O=C(Nc1ccccc1O)C(F)(F)C(F)(F)C(F)(F)C(F)(F)C(F)(F)C(F)(F)C(F)(F)F. The third-order valence-electron chi connectivity index (χ3n) is 3.77. The monoisotopic (exact) mass is 505 g/mol. The number of halogens is 15. The van der Waals surface area contributed by atoms with Crippen LogP contribution in [0.3, 0.4) is 0 Å². The predicted octanol–water partition coefficient (Wildman–Crippen LogP) is 5.70. The normalized spacial score (nSPS) is 15.0. The number of benzene rings is 1. The van der Waals surface area contributed by atoms with E-state index in [1.807, 2.05) is 0 Å². The van der Waals surface area contributed by atoms with Gasteiger partial charge in [-0.1, -0.05) is 12.1 Å². The molecule has 18 heteroatoms. The van der Waals surface area contributed by atoms with Gasteiger partial charge in [0.15, 0.2) is 0 Å². The Morgan fingerprint density at radius 3 is 1.41 bits per heavy atom. The van der Waals surface area contributed by atoms with Crippen LogP contribution in [0.2, 0.25) is 0 Å². The molecule has 1 amide bonds. The topological polar surface area (TPSA) is 49.3 Å². The lowest BCUT2D eigenvalue weighted by molar-refractivity contribution is -0.449. The number of phenols is 1. The van der Waals surface area contributed by atoms with Crippen molar-refractivity contribution in [1.29, 1.82) is 0 Å². The largest absolute Gasteiger partial charge is 0.506 e. The lowest BCUT2D eigenvalue weighted by atomic mass is 9.91. The molecule has 0 bridgehead atoms. The summed E-state index contributed by atoms with van der Waals surface area (Å²) in [5.74, 6) is -53.2. The minimum absolute atomic E-state index is 0.478. The van der Waals surface area contributed by atoms with E-state index in [1.165, 1.54) is 0 Å². The maximum atomic E-state index is 13.6. The third kappa shape index (κ3) is 3.66. The predicted molar refractivity (Wildman–Crippen MR) is 72.5 cm³/mol. The molecule has 0 aromatic heterocycles. The summed E-state index contributed by atoms with van der Waals surface area (Å²) in [5.41, 5.74) is -1.21. The highest BCUT2D eigenvalue weighted by Crippen LogP contribution is 2.62. The van der Waals surface area contributed by atoms with E-state index < -0.39 is 59.1 Å². The number of anilines is 1. The van der Waals surface area contributed by atoms with Gasteiger partial charge in [-0.15, -0.1) is 0 Å². The van der Waals surface area contributed by atoms with Crippen molar-refractivity contribution in [1.82, 2.24) is 0 Å². The minimum Gasteiger partial charge on any atom is -0.506 e. The average molecular weight is 505 g/mol. The zero-order valence-corrected chi connectivity index (χ0v) is 14.3. The number of rotatable bonds is 7. The summed E-state index contributed by atoms with van der Waals surface area (Å²) in [7, 11) is 0. The van der Waals surface area contributed by atoms with Crippen LogP contribution >= 0.6 is 0 Å². The molecule has 0 unspecified atom stereocenters. The average Bonchev–Trinajstić information content (AvgIpc) is 2.61. The van der Waals surface area contributed by atoms with E-state index in [1.54, 1.807) is 0 Å². The Balaban J connectivity index is 3.51. The van der Waals surface area contributed by atoms with E-state index in [2.05, 4.69) is 0 Å². The summed E-state index contributed by atoms with van der Waals surface area (Å²) >= 11 is 0. The number of phenolic OH excluding ortho intramolecular Hbond substituents is 1. The Morgan fingerprint density at radius 2 is 1.00 bits per heavy atom. The second kappa shape index (κ2) is 7.50. The van der Waals surface area contributed by atoms with Crippen molar-refractivity contribution in [2.24, 2.45) is 0 Å². The molecule has 0 aliphatic carbocycles. The van der Waals surface area contributed by atoms with Crippen LogP contribution < -0.4 is 5.32 Å². The Hall–Kier alpha value is -2.56. The van der Waals surface area contributed by atoms with Gasteiger partial charge in [-0.3, -0.25) is 4.79 Å². The van der Waals surface area contributed by atoms with Gasteiger partial charge in [0.25, 0.3) is 0 Å². The van der Waals surface area contributed by atoms with Crippen LogP contribution in [-0.2, 0) is 4.79 Å². The number of para-hydroxylation sites is 2. The number of carbonyl (C=O) groups is 1. The lowest BCUT2D eigenvalue weighted by Crippen LogP contribution is -2.73. The Kier molecular flexibility index (Phi) is 6.44. The number of amides is 1. The van der Waals surface area contributed by atoms with Crippen molar-refractivity contribution >= 4 is 11.6 Å². The Bertz CT molecular complexity index is 862. The first-order valence-electron chi connectivity index (χ1n) is 7.34. The third-order valence-corrected chi connectivity index (χ3v) is 3.77. The molecule has 0 saturated heterocycles. The highest BCUT2D eigenvalue weighted by atomic mass is 19.4. The van der Waals surface area contributed by atoms with Crippen LogP contribution in [0.5, 0.6) is 5.75 Å². The van der Waals surface area contributed by atoms with Gasteiger partial charge in [0.2, 0.25) is 0 Å². The van der Waals surface area contributed by atoms with E-state index in [-0.39, 0.29) is 0 Å². The smallest absolute Gasteiger partial charge is 0.460 e. The van der Waals surface area contributed by atoms with E-state index in [0.29, 0.717) is 17.4 Å². The molecule has 0 heterocycles. The molecule has 0 radical (unpaired) electrons. The molecular formula is C14H6F15NO2. The zero-order valence-electron chi connectivity index (χ0n) is 14.3. The van der Waals surface area contributed by atoms with Crippen molar-refractivity contribution in [2.45, 2.75) is 41.7 Å². The Labute approximate surface area is 165 Å². The molecule has 0 fully saturated rings. The minimum atomic E-state index is -8.49. The molecule has 0 aliphatic rings. The van der Waals surface area contributed by atoms with Gasteiger partial charge in [0.05, 0.1) is 5.69 Å². The molecule has 2 N–H and O–H groups in total. The van der Waals surface area contributed by atoms with Crippen LogP contribution in [0.15, 0.2) is 24.3 Å². The fraction of sp³-hybridized carbons (Fsp3) is 0.500. The standard InChI is InChI=1S/C14H6F15NO2/c15-8(16,7(32)30-5-3-1-2-4-6(5)31)9(17,18)10(19,20)11(21,22)12(23,24)13(25,26)14(27,28)29/h1-4,31H,(H,30,32). The van der Waals surface area contributed by atoms with Crippen molar-refractivity contribution in [2.75, 3.05) is 5.32 Å². The highest BCUT2D eigenvalue weighted by molar-refractivity contribution is 5.98. The van der Waals surface area contributed by atoms with Gasteiger partial charge >= 0.3 is 47.6 Å². The molecule has 0 saturated carbocycles. The van der Waals surface area contributed by atoms with Crippen LogP contribution in [0.25, 0.3) is 0 Å². The summed E-state index contributed by atoms with van der Waals surface area (Å²) in [6.45, 7) is 0. The first-order valence-corrected chi connectivity index (χ1v) is 7.34. The number of nitrogens with one attached hydrogen (secondary N) is 1. The molecule has 0 spiro atoms. The molecule has 1 rings (SSSR count). The molecule has 1 aromatic carbocycles. The zero-order chi connectivity index (χ0) is 25.8. The molecular weight excluding hydrogens is 499 g/mol. The van der Waals surface area contributed by atoms with Crippen molar-refractivity contribution < 1.29 is 75.8 Å². The number of hydrogen-bond acceptors (Lipinski definition) is 2. The maximum absolute atomic E-state index is 13.6. The summed E-state index contributed by atoms with van der Waals surface area (Å²) in [6, 6.07) is 2.87. The quantitative estimate of drug-likeness (QED) is 0.369. The van der Waals surface area contributed by atoms with Crippen molar-refractivity contribution in [3.63, 3.8) is 0 Å². The number of alkyl halides is 15. The summed E-state index contributed by atoms with van der Waals surface area (Å²) in [4.78, 5) is 11.3. The summed E-state index contributed by atoms with van der Waals surface area (Å²) in [6.07, 6.45) is -7.71. The van der Waals surface area contributed by atoms with E-state index >= 15 is 0 Å². The van der Waals surface area contributed by atoms with E-state index in [4.69, 9.17) is 0 Å². The van der Waals surface area contributed by atoms with Crippen molar-refractivity contribution in [3.05, 3.63) is 24.3 Å². The molecule has 32 heavy (non-hydrogen) atoms. The molecule has 184 valence electrons. The summed E-state index contributed by atoms with van der Waals surface area (Å²) in [5, 5.41) is 9.85. The molecule has 3 nitrogen and oxygen atoms in total. The molecule has 0 atom stereocenters. The van der Waals surface area contributed by atoms with Gasteiger partial charge in [0.1, 0.15) is 5.75 Å². The second-order valence-corrected chi connectivity index (χ2v) is 5.92. The van der Waals surface area contributed by atoms with Crippen LogP contribution in [-0.4, -0.2) is 52.7 Å². The second-order valence-electron chi connectivity index (χ2n) is 5.92. The first kappa shape index (κ1) is 27.5. The van der Waals surface area contributed by atoms with Gasteiger partial charge in [0, 0.05) is 0 Å². The first-order chi connectivity index (χ1) is 13.9. The van der Waals surface area contributed by atoms with Crippen LogP contribution in [0, 0.1) is 0 Å². The molecule has 0 aliphatic heterocycles. The summed E-state index contributed by atoms with van der Waals surface area (Å²) < 4.78 is 195. The highest BCUT2D eigenvalue weighted by Gasteiger charge is 2.94. The van der Waals surface area contributed by atoms with Gasteiger partial charge in [-0.25, -0.2) is 0 Å². The number of carbonyl (C=O) groups excluding carboxylic acids is 1.